The summed E-state index contributed by atoms with van der Waals surface area (Å²) in [5, 5.41) is 2.73. The molecule has 1 saturated heterocycles. The van der Waals surface area contributed by atoms with E-state index in [9.17, 15) is 14.4 Å². The number of nitrogens with one attached hydrogen (secondary N) is 1. The molecule has 0 aromatic heterocycles. The second kappa shape index (κ2) is 4.78. The second-order valence-corrected chi connectivity index (χ2v) is 4.51. The van der Waals surface area contributed by atoms with Crippen molar-refractivity contribution in [1.82, 2.24) is 10.2 Å². The molecule has 6 heteroatoms. The van der Waals surface area contributed by atoms with Crippen molar-refractivity contribution in [3.63, 3.8) is 0 Å². The molecular formula is C12H11ClN2O3. The molecule has 0 spiro atoms. The van der Waals surface area contributed by atoms with E-state index >= 15 is 0 Å². The Labute approximate surface area is 109 Å². The third-order valence-electron chi connectivity index (χ3n) is 2.83. The van der Waals surface area contributed by atoms with E-state index in [2.05, 4.69) is 5.32 Å². The van der Waals surface area contributed by atoms with Crippen LogP contribution in [0.1, 0.15) is 5.56 Å². The molecule has 1 aliphatic rings. The smallest absolute Gasteiger partial charge is 0.277 e. The molecule has 1 aromatic rings. The van der Waals surface area contributed by atoms with Gasteiger partial charge < -0.3 is 0 Å². The van der Waals surface area contributed by atoms with E-state index in [1.165, 1.54) is 7.05 Å². The zero-order chi connectivity index (χ0) is 13.3. The van der Waals surface area contributed by atoms with E-state index in [1.54, 1.807) is 24.3 Å². The van der Waals surface area contributed by atoms with Crippen molar-refractivity contribution in [1.29, 1.82) is 0 Å². The van der Waals surface area contributed by atoms with Crippen LogP contribution in [-0.4, -0.2) is 29.8 Å². The number of nitrogens with zero attached hydrogens (tertiary/aromatic N) is 1. The molecular weight excluding hydrogens is 256 g/mol. The Morgan fingerprint density at radius 2 is 1.83 bits per heavy atom. The summed E-state index contributed by atoms with van der Waals surface area (Å²) in [5.74, 6) is -1.91. The van der Waals surface area contributed by atoms with Gasteiger partial charge in [0.15, 0.2) is 0 Å². The van der Waals surface area contributed by atoms with Gasteiger partial charge >= 0.3 is 6.03 Å². The summed E-state index contributed by atoms with van der Waals surface area (Å²) in [6.45, 7) is 0. The summed E-state index contributed by atoms with van der Waals surface area (Å²) in [4.78, 5) is 35.6. The van der Waals surface area contributed by atoms with Gasteiger partial charge in [0.1, 0.15) is 5.92 Å². The molecule has 1 aliphatic heterocycles. The van der Waals surface area contributed by atoms with Gasteiger partial charge in [-0.1, -0.05) is 23.7 Å². The van der Waals surface area contributed by atoms with Crippen LogP contribution in [0.3, 0.4) is 0 Å². The number of imide groups is 2. The SMILES string of the molecule is CN1C(=O)NC(=O)C(Cc2ccc(Cl)cc2)C1=O. The minimum absolute atomic E-state index is 0.249. The van der Waals surface area contributed by atoms with Gasteiger partial charge in [0.2, 0.25) is 11.8 Å². The highest BCUT2D eigenvalue weighted by Gasteiger charge is 2.38. The maximum Gasteiger partial charge on any atom is 0.330 e. The van der Waals surface area contributed by atoms with Gasteiger partial charge in [0.05, 0.1) is 0 Å². The van der Waals surface area contributed by atoms with E-state index in [-0.39, 0.29) is 6.42 Å². The van der Waals surface area contributed by atoms with Gasteiger partial charge in [0.25, 0.3) is 0 Å². The molecule has 0 saturated carbocycles. The van der Waals surface area contributed by atoms with Crippen molar-refractivity contribution >= 4 is 29.4 Å². The maximum atomic E-state index is 11.8. The average Bonchev–Trinajstić information content (AvgIpc) is 2.34. The Balaban J connectivity index is 2.17. The minimum atomic E-state index is -0.867. The van der Waals surface area contributed by atoms with Crippen molar-refractivity contribution < 1.29 is 14.4 Å². The zero-order valence-corrected chi connectivity index (χ0v) is 10.4. The van der Waals surface area contributed by atoms with Gasteiger partial charge in [0, 0.05) is 12.1 Å². The Bertz CT molecular complexity index is 513. The number of hydrogen-bond acceptors (Lipinski definition) is 3. The number of amides is 4. The molecule has 94 valence electrons. The molecule has 0 radical (unpaired) electrons. The van der Waals surface area contributed by atoms with E-state index in [4.69, 9.17) is 11.6 Å². The number of carbonyl (C=O) groups excluding carboxylic acids is 3. The summed E-state index contributed by atoms with van der Waals surface area (Å²) in [6, 6.07) is 6.20. The summed E-state index contributed by atoms with van der Waals surface area (Å²) >= 11 is 5.75. The lowest BCUT2D eigenvalue weighted by Gasteiger charge is -2.27. The first-order valence-electron chi connectivity index (χ1n) is 5.36. The van der Waals surface area contributed by atoms with Crippen molar-refractivity contribution in [3.05, 3.63) is 34.9 Å². The second-order valence-electron chi connectivity index (χ2n) is 4.07. The van der Waals surface area contributed by atoms with E-state index in [1.807, 2.05) is 0 Å². The highest BCUT2D eigenvalue weighted by molar-refractivity contribution is 6.30. The van der Waals surface area contributed by atoms with Gasteiger partial charge in [-0.05, 0) is 24.1 Å². The fourth-order valence-corrected chi connectivity index (χ4v) is 1.88. The molecule has 1 aromatic carbocycles. The van der Waals surface area contributed by atoms with Crippen LogP contribution in [0.25, 0.3) is 0 Å². The lowest BCUT2D eigenvalue weighted by Crippen LogP contribution is -2.56. The molecule has 1 unspecified atom stereocenters. The van der Waals surface area contributed by atoms with Crippen LogP contribution < -0.4 is 5.32 Å². The Hall–Kier alpha value is -1.88. The predicted molar refractivity (Wildman–Crippen MR) is 65.0 cm³/mol. The number of hydrogen-bond donors (Lipinski definition) is 1. The monoisotopic (exact) mass is 266 g/mol. The standard InChI is InChI=1S/C12H11ClN2O3/c1-15-11(17)9(10(16)14-12(15)18)6-7-2-4-8(13)5-3-7/h2-5,9H,6H2,1H3,(H,14,16,18). The van der Waals surface area contributed by atoms with Crippen LogP contribution in [-0.2, 0) is 16.0 Å². The molecule has 5 nitrogen and oxygen atoms in total. The molecule has 0 aliphatic carbocycles. The van der Waals surface area contributed by atoms with Crippen LogP contribution in [0, 0.1) is 5.92 Å². The molecule has 2 rings (SSSR count). The van der Waals surface area contributed by atoms with E-state index in [0.29, 0.717) is 5.02 Å². The highest BCUT2D eigenvalue weighted by Crippen LogP contribution is 2.17. The molecule has 1 fully saturated rings. The van der Waals surface area contributed by atoms with Crippen LogP contribution >= 0.6 is 11.6 Å². The zero-order valence-electron chi connectivity index (χ0n) is 9.64. The van der Waals surface area contributed by atoms with Crippen molar-refractivity contribution in [2.45, 2.75) is 6.42 Å². The first-order valence-corrected chi connectivity index (χ1v) is 5.73. The summed E-state index contributed by atoms with van der Waals surface area (Å²) in [7, 11) is 1.35. The first-order chi connectivity index (χ1) is 8.49. The van der Waals surface area contributed by atoms with Crippen LogP contribution in [0.15, 0.2) is 24.3 Å². The third-order valence-corrected chi connectivity index (χ3v) is 3.08. The summed E-state index contributed by atoms with van der Waals surface area (Å²) in [6.07, 6.45) is 0.249. The van der Waals surface area contributed by atoms with Crippen LogP contribution in [0.4, 0.5) is 4.79 Å². The summed E-state index contributed by atoms with van der Waals surface area (Å²) in [5.41, 5.74) is 0.815. The summed E-state index contributed by atoms with van der Waals surface area (Å²) < 4.78 is 0. The fraction of sp³-hybridized carbons (Fsp3) is 0.250. The van der Waals surface area contributed by atoms with Gasteiger partial charge in [-0.3, -0.25) is 19.8 Å². The number of barbiturate groups is 1. The first kappa shape index (κ1) is 12.6. The van der Waals surface area contributed by atoms with Crippen LogP contribution in [0.2, 0.25) is 5.02 Å². The van der Waals surface area contributed by atoms with Gasteiger partial charge in [-0.2, -0.15) is 0 Å². The molecule has 4 amide bonds. The van der Waals surface area contributed by atoms with E-state index < -0.39 is 23.8 Å². The van der Waals surface area contributed by atoms with E-state index in [0.717, 1.165) is 10.5 Å². The number of urea groups is 1. The Morgan fingerprint density at radius 1 is 1.22 bits per heavy atom. The van der Waals surface area contributed by atoms with Gasteiger partial charge in [-0.25, -0.2) is 4.79 Å². The molecule has 1 heterocycles. The average molecular weight is 267 g/mol. The molecule has 1 atom stereocenters. The largest absolute Gasteiger partial charge is 0.330 e. The third kappa shape index (κ3) is 2.36. The Kier molecular flexibility index (Phi) is 3.34. The molecule has 0 bridgehead atoms. The van der Waals surface area contributed by atoms with Crippen LogP contribution in [0.5, 0.6) is 0 Å². The highest BCUT2D eigenvalue weighted by atomic mass is 35.5. The fourth-order valence-electron chi connectivity index (χ4n) is 1.76. The van der Waals surface area contributed by atoms with Crippen molar-refractivity contribution in [2.24, 2.45) is 5.92 Å². The topological polar surface area (TPSA) is 66.5 Å². The quantitative estimate of drug-likeness (QED) is 0.818. The number of carbonyl (C=O) groups is 3. The van der Waals surface area contributed by atoms with Gasteiger partial charge in [-0.15, -0.1) is 0 Å². The lowest BCUT2D eigenvalue weighted by atomic mass is 9.96. The number of halogens is 1. The normalized spacial score (nSPS) is 20.0. The predicted octanol–water partition coefficient (Wildman–Crippen LogP) is 1.21. The number of rotatable bonds is 2. The van der Waals surface area contributed by atoms with Crippen molar-refractivity contribution in [2.75, 3.05) is 7.05 Å². The Morgan fingerprint density at radius 3 is 2.44 bits per heavy atom. The maximum absolute atomic E-state index is 11.8. The molecule has 1 N–H and O–H groups in total. The minimum Gasteiger partial charge on any atom is -0.277 e. The number of benzene rings is 1. The molecule has 18 heavy (non-hydrogen) atoms. The van der Waals surface area contributed by atoms with Crippen molar-refractivity contribution in [3.8, 4) is 0 Å². The lowest BCUT2D eigenvalue weighted by molar-refractivity contribution is -0.141.